The van der Waals surface area contributed by atoms with E-state index in [4.69, 9.17) is 10.5 Å². The van der Waals surface area contributed by atoms with E-state index in [2.05, 4.69) is 16.7 Å². The minimum atomic E-state index is 0.208. The summed E-state index contributed by atoms with van der Waals surface area (Å²) >= 11 is 2.09. The van der Waals surface area contributed by atoms with Crippen molar-refractivity contribution in [3.8, 4) is 0 Å². The SMILES string of the molecule is NCC1CCCCCN1C1CCOC2(CCSCC2)C1. The highest BCUT2D eigenvalue weighted by Crippen LogP contribution is 2.39. The van der Waals surface area contributed by atoms with Gasteiger partial charge in [-0.25, -0.2) is 0 Å². The third-order valence-electron chi connectivity index (χ3n) is 5.53. The maximum Gasteiger partial charge on any atom is 0.0713 e. The van der Waals surface area contributed by atoms with E-state index in [1.54, 1.807) is 0 Å². The number of hydrogen-bond donors (Lipinski definition) is 1. The molecule has 3 rings (SSSR count). The Hall–Kier alpha value is 0.230. The second kappa shape index (κ2) is 6.99. The summed E-state index contributed by atoms with van der Waals surface area (Å²) in [7, 11) is 0. The van der Waals surface area contributed by atoms with Gasteiger partial charge in [0, 0.05) is 25.2 Å². The smallest absolute Gasteiger partial charge is 0.0713 e. The molecule has 3 aliphatic heterocycles. The van der Waals surface area contributed by atoms with Gasteiger partial charge in [0.15, 0.2) is 0 Å². The number of likely N-dealkylation sites (tertiary alicyclic amines) is 1. The lowest BCUT2D eigenvalue weighted by atomic mass is 9.84. The minimum Gasteiger partial charge on any atom is -0.375 e. The molecule has 20 heavy (non-hydrogen) atoms. The average Bonchev–Trinajstić information content (AvgIpc) is 2.73. The van der Waals surface area contributed by atoms with Crippen molar-refractivity contribution in [3.05, 3.63) is 0 Å². The standard InChI is InChI=1S/C16H30N2OS/c17-13-15-4-2-1-3-8-18(15)14-5-9-19-16(12-14)6-10-20-11-7-16/h14-15H,1-13,17H2. The lowest BCUT2D eigenvalue weighted by Crippen LogP contribution is -2.54. The van der Waals surface area contributed by atoms with Crippen LogP contribution in [0.25, 0.3) is 0 Å². The molecule has 0 aromatic carbocycles. The predicted molar refractivity (Wildman–Crippen MR) is 86.3 cm³/mol. The number of ether oxygens (including phenoxy) is 1. The van der Waals surface area contributed by atoms with Crippen molar-refractivity contribution >= 4 is 11.8 Å². The van der Waals surface area contributed by atoms with E-state index < -0.39 is 0 Å². The van der Waals surface area contributed by atoms with Gasteiger partial charge in [-0.05, 0) is 56.6 Å². The first-order valence-corrected chi connectivity index (χ1v) is 9.66. The van der Waals surface area contributed by atoms with Crippen molar-refractivity contribution in [3.63, 3.8) is 0 Å². The summed E-state index contributed by atoms with van der Waals surface area (Å²) in [6, 6.07) is 1.34. The van der Waals surface area contributed by atoms with Crippen LogP contribution in [0, 0.1) is 0 Å². The van der Waals surface area contributed by atoms with Crippen LogP contribution < -0.4 is 5.73 Å². The summed E-state index contributed by atoms with van der Waals surface area (Å²) in [4.78, 5) is 2.76. The van der Waals surface area contributed by atoms with Gasteiger partial charge in [-0.3, -0.25) is 4.90 Å². The quantitative estimate of drug-likeness (QED) is 0.850. The average molecular weight is 298 g/mol. The highest BCUT2D eigenvalue weighted by atomic mass is 32.2. The van der Waals surface area contributed by atoms with Crippen molar-refractivity contribution in [2.24, 2.45) is 5.73 Å². The largest absolute Gasteiger partial charge is 0.375 e. The number of thioether (sulfide) groups is 1. The molecule has 2 N–H and O–H groups in total. The number of hydrogen-bond acceptors (Lipinski definition) is 4. The Morgan fingerprint density at radius 1 is 1.15 bits per heavy atom. The number of rotatable bonds is 2. The molecule has 0 aromatic rings. The Balaban J connectivity index is 1.68. The van der Waals surface area contributed by atoms with Crippen LogP contribution in [-0.4, -0.2) is 53.8 Å². The Labute approximate surface area is 128 Å². The molecule has 2 unspecified atom stereocenters. The van der Waals surface area contributed by atoms with Gasteiger partial charge in [-0.2, -0.15) is 11.8 Å². The van der Waals surface area contributed by atoms with Crippen LogP contribution in [0.15, 0.2) is 0 Å². The van der Waals surface area contributed by atoms with Crippen molar-refractivity contribution < 1.29 is 4.74 Å². The molecule has 2 atom stereocenters. The molecule has 1 spiro atoms. The summed E-state index contributed by atoms with van der Waals surface area (Å²) in [5, 5.41) is 0. The van der Waals surface area contributed by atoms with Gasteiger partial charge < -0.3 is 10.5 Å². The lowest BCUT2D eigenvalue weighted by Gasteiger charge is -2.48. The van der Waals surface area contributed by atoms with Crippen LogP contribution in [0.3, 0.4) is 0 Å². The summed E-state index contributed by atoms with van der Waals surface area (Å²) in [5.74, 6) is 2.57. The van der Waals surface area contributed by atoms with Crippen molar-refractivity contribution in [1.29, 1.82) is 0 Å². The number of nitrogens with two attached hydrogens (primary N) is 1. The first-order chi connectivity index (χ1) is 9.83. The van der Waals surface area contributed by atoms with E-state index in [0.29, 0.717) is 6.04 Å². The van der Waals surface area contributed by atoms with E-state index in [9.17, 15) is 0 Å². The molecule has 0 saturated carbocycles. The van der Waals surface area contributed by atoms with E-state index in [0.717, 1.165) is 19.2 Å². The topological polar surface area (TPSA) is 38.5 Å². The molecule has 4 heteroatoms. The lowest BCUT2D eigenvalue weighted by molar-refractivity contribution is -0.114. The molecule has 3 aliphatic rings. The second-order valence-electron chi connectivity index (χ2n) is 6.77. The maximum atomic E-state index is 6.26. The molecule has 0 bridgehead atoms. The Morgan fingerprint density at radius 3 is 2.80 bits per heavy atom. The zero-order chi connectivity index (χ0) is 13.8. The van der Waals surface area contributed by atoms with Gasteiger partial charge in [0.25, 0.3) is 0 Å². The fraction of sp³-hybridized carbons (Fsp3) is 1.00. The molecule has 0 aliphatic carbocycles. The molecule has 3 nitrogen and oxygen atoms in total. The molecule has 3 heterocycles. The van der Waals surface area contributed by atoms with E-state index in [1.165, 1.54) is 69.4 Å². The normalized spacial score (nSPS) is 35.9. The monoisotopic (exact) mass is 298 g/mol. The minimum absolute atomic E-state index is 0.208. The van der Waals surface area contributed by atoms with Gasteiger partial charge in [-0.1, -0.05) is 12.8 Å². The second-order valence-corrected chi connectivity index (χ2v) is 7.99. The fourth-order valence-electron chi connectivity index (χ4n) is 4.31. The zero-order valence-electron chi connectivity index (χ0n) is 12.7. The highest BCUT2D eigenvalue weighted by molar-refractivity contribution is 7.99. The predicted octanol–water partition coefficient (Wildman–Crippen LogP) is 2.63. The first-order valence-electron chi connectivity index (χ1n) is 8.50. The third-order valence-corrected chi connectivity index (χ3v) is 6.52. The molecule has 0 radical (unpaired) electrons. The van der Waals surface area contributed by atoms with Crippen LogP contribution >= 0.6 is 11.8 Å². The first kappa shape index (κ1) is 15.1. The van der Waals surface area contributed by atoms with E-state index in [-0.39, 0.29) is 5.60 Å². The molecule has 3 saturated heterocycles. The molecular weight excluding hydrogens is 268 g/mol. The summed E-state index contributed by atoms with van der Waals surface area (Å²) in [5.41, 5.74) is 6.27. The molecule has 116 valence electrons. The molecular formula is C16H30N2OS. The van der Waals surface area contributed by atoms with Crippen LogP contribution in [0.2, 0.25) is 0 Å². The Kier molecular flexibility index (Phi) is 5.29. The van der Waals surface area contributed by atoms with Crippen molar-refractivity contribution in [2.75, 3.05) is 31.2 Å². The van der Waals surface area contributed by atoms with E-state index >= 15 is 0 Å². The van der Waals surface area contributed by atoms with Crippen LogP contribution in [-0.2, 0) is 4.74 Å². The van der Waals surface area contributed by atoms with Crippen LogP contribution in [0.4, 0.5) is 0 Å². The molecule has 0 aromatic heterocycles. The summed E-state index contributed by atoms with van der Waals surface area (Å²) in [6.07, 6.45) is 10.4. The van der Waals surface area contributed by atoms with Crippen molar-refractivity contribution in [1.82, 2.24) is 4.90 Å². The summed E-state index contributed by atoms with van der Waals surface area (Å²) in [6.45, 7) is 3.06. The molecule has 3 fully saturated rings. The van der Waals surface area contributed by atoms with Gasteiger partial charge in [0.05, 0.1) is 5.60 Å². The van der Waals surface area contributed by atoms with Gasteiger partial charge in [0.2, 0.25) is 0 Å². The van der Waals surface area contributed by atoms with E-state index in [1.807, 2.05) is 0 Å². The van der Waals surface area contributed by atoms with Gasteiger partial charge in [-0.15, -0.1) is 0 Å². The van der Waals surface area contributed by atoms with Crippen LogP contribution in [0.1, 0.15) is 51.4 Å². The highest BCUT2D eigenvalue weighted by Gasteiger charge is 2.41. The Morgan fingerprint density at radius 2 is 2.00 bits per heavy atom. The molecule has 0 amide bonds. The number of nitrogens with zero attached hydrogens (tertiary/aromatic N) is 1. The zero-order valence-corrected chi connectivity index (χ0v) is 13.5. The fourth-order valence-corrected chi connectivity index (χ4v) is 5.55. The van der Waals surface area contributed by atoms with Gasteiger partial charge >= 0.3 is 0 Å². The Bertz CT molecular complexity index is 301. The van der Waals surface area contributed by atoms with Gasteiger partial charge in [0.1, 0.15) is 0 Å². The van der Waals surface area contributed by atoms with Crippen molar-refractivity contribution in [2.45, 2.75) is 69.1 Å². The van der Waals surface area contributed by atoms with Crippen LogP contribution in [0.5, 0.6) is 0 Å². The summed E-state index contributed by atoms with van der Waals surface area (Å²) < 4.78 is 6.26. The third kappa shape index (κ3) is 3.34. The maximum absolute atomic E-state index is 6.26.